The minimum Gasteiger partial charge on any atom is -0.490 e. The molecule has 0 N–H and O–H groups in total. The molecule has 7 nitrogen and oxygen atoms in total. The first-order chi connectivity index (χ1) is 22.4. The maximum atomic E-state index is 12.8. The van der Waals surface area contributed by atoms with Crippen LogP contribution in [0.15, 0.2) is 120 Å². The van der Waals surface area contributed by atoms with Crippen LogP contribution < -0.4 is 28.4 Å². The Morgan fingerprint density at radius 3 is 1.35 bits per heavy atom. The molecule has 0 fully saturated rings. The molecule has 1 unspecified atom stereocenters. The van der Waals surface area contributed by atoms with E-state index in [0.717, 1.165) is 28.6 Å². The van der Waals surface area contributed by atoms with Crippen molar-refractivity contribution >= 4 is 5.97 Å². The molecule has 46 heavy (non-hydrogen) atoms. The van der Waals surface area contributed by atoms with E-state index in [1.54, 1.807) is 24.3 Å². The van der Waals surface area contributed by atoms with Crippen LogP contribution in [0.2, 0.25) is 0 Å². The van der Waals surface area contributed by atoms with E-state index in [0.29, 0.717) is 56.3 Å². The van der Waals surface area contributed by atoms with Crippen LogP contribution in [0.4, 0.5) is 0 Å². The Morgan fingerprint density at radius 1 is 0.543 bits per heavy atom. The molecule has 0 spiro atoms. The van der Waals surface area contributed by atoms with E-state index < -0.39 is 0 Å². The first-order valence-electron chi connectivity index (χ1n) is 15.5. The van der Waals surface area contributed by atoms with Gasteiger partial charge in [-0.2, -0.15) is 0 Å². The fourth-order valence-corrected chi connectivity index (χ4v) is 4.74. The zero-order chi connectivity index (χ0) is 32.1. The van der Waals surface area contributed by atoms with Gasteiger partial charge in [0.25, 0.3) is 0 Å². The predicted molar refractivity (Wildman–Crippen MR) is 178 cm³/mol. The number of ether oxygens (including phenoxy) is 6. The van der Waals surface area contributed by atoms with Crippen LogP contribution in [-0.2, 0) is 4.79 Å². The summed E-state index contributed by atoms with van der Waals surface area (Å²) in [4.78, 5) is 12.8. The van der Waals surface area contributed by atoms with Gasteiger partial charge in [0.05, 0.1) is 0 Å². The summed E-state index contributed by atoms with van der Waals surface area (Å²) in [6, 6.07) is 30.4. The van der Waals surface area contributed by atoms with Crippen molar-refractivity contribution in [3.05, 3.63) is 131 Å². The van der Waals surface area contributed by atoms with Gasteiger partial charge < -0.3 is 28.4 Å². The molecule has 0 radical (unpaired) electrons. The van der Waals surface area contributed by atoms with Crippen LogP contribution in [0.25, 0.3) is 0 Å². The molecule has 0 aromatic heterocycles. The van der Waals surface area contributed by atoms with Gasteiger partial charge in [0.15, 0.2) is 0 Å². The number of esters is 1. The Bertz CT molecular complexity index is 1600. The van der Waals surface area contributed by atoms with Gasteiger partial charge in [0, 0.05) is 5.57 Å². The third-order valence-corrected chi connectivity index (χ3v) is 7.42. The monoisotopic (exact) mass is 620 g/mol. The molecule has 0 bridgehead atoms. The highest BCUT2D eigenvalue weighted by atomic mass is 16.5. The quantitative estimate of drug-likeness (QED) is 0.0753. The van der Waals surface area contributed by atoms with Gasteiger partial charge in [-0.25, -0.2) is 4.79 Å². The molecule has 5 rings (SSSR count). The maximum Gasteiger partial charge on any atom is 0.339 e. The second-order valence-corrected chi connectivity index (χ2v) is 11.0. The summed E-state index contributed by atoms with van der Waals surface area (Å²) in [6.45, 7) is 7.83. The first kappa shape index (κ1) is 32.2. The predicted octanol–water partition coefficient (Wildman–Crippen LogP) is 8.24. The fourth-order valence-electron chi connectivity index (χ4n) is 4.74. The van der Waals surface area contributed by atoms with E-state index in [9.17, 15) is 4.79 Å². The zero-order valence-electron chi connectivity index (χ0n) is 26.6. The smallest absolute Gasteiger partial charge is 0.339 e. The lowest BCUT2D eigenvalue weighted by molar-refractivity contribution is -0.130. The number of benzene rings is 4. The van der Waals surface area contributed by atoms with E-state index in [1.807, 2.05) is 106 Å². The highest BCUT2D eigenvalue weighted by Crippen LogP contribution is 2.27. The standard InChI is InChI=1S/C39H40O7/c1-28-4-12-33(13-5-28)41-24-26-43-35-16-20-37(21-17-35)45-30(3)31-8-10-32(11-9-31)39(40)46-38-22-18-36(19-23-38)44-27-25-42-34-14-6-29(2)7-15-34/h4-8,10,12-23,30H,9,11,24-27H2,1-3H3. The summed E-state index contributed by atoms with van der Waals surface area (Å²) in [7, 11) is 0. The number of carbonyl (C=O) groups is 1. The minimum absolute atomic E-state index is 0.140. The minimum atomic E-state index is -0.358. The van der Waals surface area contributed by atoms with Crippen LogP contribution in [0.1, 0.15) is 30.9 Å². The topological polar surface area (TPSA) is 72.5 Å². The van der Waals surface area contributed by atoms with Crippen molar-refractivity contribution in [3.8, 4) is 34.5 Å². The van der Waals surface area contributed by atoms with Crippen molar-refractivity contribution in [1.82, 2.24) is 0 Å². The Morgan fingerprint density at radius 2 is 0.935 bits per heavy atom. The number of rotatable bonds is 15. The van der Waals surface area contributed by atoms with Crippen LogP contribution in [0, 0.1) is 13.8 Å². The maximum absolute atomic E-state index is 12.8. The molecule has 0 saturated carbocycles. The number of allylic oxidation sites excluding steroid dienone is 2. The van der Waals surface area contributed by atoms with Gasteiger partial charge in [0.1, 0.15) is 67.0 Å². The molecule has 0 heterocycles. The molecular weight excluding hydrogens is 580 g/mol. The second kappa shape index (κ2) is 16.2. The van der Waals surface area contributed by atoms with Crippen molar-refractivity contribution < 1.29 is 33.2 Å². The molecule has 0 amide bonds. The Kier molecular flexibility index (Phi) is 11.4. The number of hydrogen-bond acceptors (Lipinski definition) is 7. The van der Waals surface area contributed by atoms with E-state index in [2.05, 4.69) is 0 Å². The third kappa shape index (κ3) is 9.92. The molecular formula is C39H40O7. The summed E-state index contributed by atoms with van der Waals surface area (Å²) < 4.78 is 34.7. The molecule has 0 aliphatic heterocycles. The Balaban J connectivity index is 1.01. The van der Waals surface area contributed by atoms with E-state index in [4.69, 9.17) is 28.4 Å². The third-order valence-electron chi connectivity index (χ3n) is 7.42. The molecule has 1 aliphatic rings. The summed E-state index contributed by atoms with van der Waals surface area (Å²) >= 11 is 0. The zero-order valence-corrected chi connectivity index (χ0v) is 26.6. The average molecular weight is 621 g/mol. The first-order valence-corrected chi connectivity index (χ1v) is 15.5. The van der Waals surface area contributed by atoms with Crippen molar-refractivity contribution in [3.63, 3.8) is 0 Å². The molecule has 4 aromatic carbocycles. The van der Waals surface area contributed by atoms with Crippen LogP contribution >= 0.6 is 0 Å². The summed E-state index contributed by atoms with van der Waals surface area (Å²) in [6.07, 6.45) is 4.92. The molecule has 7 heteroatoms. The van der Waals surface area contributed by atoms with Crippen LogP contribution in [0.3, 0.4) is 0 Å². The fraction of sp³-hybridized carbons (Fsp3) is 0.256. The van der Waals surface area contributed by atoms with E-state index >= 15 is 0 Å². The van der Waals surface area contributed by atoms with Gasteiger partial charge in [-0.05, 0) is 112 Å². The summed E-state index contributed by atoms with van der Waals surface area (Å²) in [5, 5.41) is 0. The van der Waals surface area contributed by atoms with Gasteiger partial charge >= 0.3 is 5.97 Å². The molecule has 0 saturated heterocycles. The number of carbonyl (C=O) groups excluding carboxylic acids is 1. The van der Waals surface area contributed by atoms with Gasteiger partial charge in [-0.15, -0.1) is 0 Å². The van der Waals surface area contributed by atoms with E-state index in [1.165, 1.54) is 11.1 Å². The van der Waals surface area contributed by atoms with Crippen molar-refractivity contribution in [2.75, 3.05) is 26.4 Å². The van der Waals surface area contributed by atoms with Crippen LogP contribution in [-0.4, -0.2) is 38.5 Å². The Hall–Kier alpha value is -5.17. The highest BCUT2D eigenvalue weighted by molar-refractivity contribution is 5.90. The second-order valence-electron chi connectivity index (χ2n) is 11.0. The van der Waals surface area contributed by atoms with Gasteiger partial charge in [-0.3, -0.25) is 0 Å². The lowest BCUT2D eigenvalue weighted by Crippen LogP contribution is -2.19. The largest absolute Gasteiger partial charge is 0.490 e. The lowest BCUT2D eigenvalue weighted by Gasteiger charge is -2.21. The Labute approximate surface area is 271 Å². The van der Waals surface area contributed by atoms with Crippen molar-refractivity contribution in [1.29, 1.82) is 0 Å². The van der Waals surface area contributed by atoms with Crippen molar-refractivity contribution in [2.45, 2.75) is 39.7 Å². The summed E-state index contributed by atoms with van der Waals surface area (Å²) in [5.41, 5.74) is 4.12. The molecule has 4 aromatic rings. The van der Waals surface area contributed by atoms with E-state index in [-0.39, 0.29) is 12.1 Å². The molecule has 238 valence electrons. The van der Waals surface area contributed by atoms with Crippen LogP contribution in [0.5, 0.6) is 34.5 Å². The van der Waals surface area contributed by atoms with Crippen molar-refractivity contribution in [2.24, 2.45) is 0 Å². The number of aryl methyl sites for hydroxylation is 2. The lowest BCUT2D eigenvalue weighted by atomic mass is 9.95. The van der Waals surface area contributed by atoms with Gasteiger partial charge in [0.2, 0.25) is 0 Å². The summed E-state index contributed by atoms with van der Waals surface area (Å²) in [5.74, 6) is 3.92. The SMILES string of the molecule is Cc1ccc(OCCOc2ccc(OC(=O)C3=CC=C(C(C)Oc4ccc(OCCOc5ccc(C)cc5)cc4)CC3)cc2)cc1. The molecule has 1 atom stereocenters. The number of hydrogen-bond donors (Lipinski definition) is 0. The molecule has 1 aliphatic carbocycles. The van der Waals surface area contributed by atoms with Gasteiger partial charge in [-0.1, -0.05) is 47.5 Å². The normalized spacial score (nSPS) is 13.1. The average Bonchev–Trinajstić information content (AvgIpc) is 3.08. The highest BCUT2D eigenvalue weighted by Gasteiger charge is 2.19.